The van der Waals surface area contributed by atoms with Gasteiger partial charge in [0.1, 0.15) is 0 Å². The molecule has 102 valence electrons. The highest BCUT2D eigenvalue weighted by atomic mass is 35.5. The molecule has 0 saturated heterocycles. The molecule has 1 heterocycles. The zero-order valence-electron chi connectivity index (χ0n) is 11.0. The van der Waals surface area contributed by atoms with E-state index in [2.05, 4.69) is 16.0 Å². The highest BCUT2D eigenvalue weighted by Gasteiger charge is 2.11. The number of hydrogen-bond donors (Lipinski definition) is 1. The van der Waals surface area contributed by atoms with Crippen molar-refractivity contribution in [1.29, 1.82) is 5.26 Å². The van der Waals surface area contributed by atoms with Gasteiger partial charge >= 0.3 is 0 Å². The first kappa shape index (κ1) is 14.2. The number of nitrogens with two attached hydrogens (primary N) is 1. The van der Waals surface area contributed by atoms with Gasteiger partial charge in [-0.1, -0.05) is 17.7 Å². The van der Waals surface area contributed by atoms with Gasteiger partial charge in [0.2, 0.25) is 0 Å². The van der Waals surface area contributed by atoms with Gasteiger partial charge in [-0.05, 0) is 29.8 Å². The lowest BCUT2D eigenvalue weighted by molar-refractivity contribution is 0.795. The van der Waals surface area contributed by atoms with Crippen molar-refractivity contribution in [3.63, 3.8) is 0 Å². The number of anilines is 2. The fourth-order valence-corrected chi connectivity index (χ4v) is 2.27. The standard InChI is InChI=1S/C15H15ClN4/c16-14-9-13(18)4-5-15(14)20(8-2-6-17)11-12-3-1-7-19-10-12/h1,3-5,7,9-10H,2,8,11,18H2. The monoisotopic (exact) mass is 286 g/mol. The second kappa shape index (κ2) is 6.78. The number of pyridine rings is 1. The molecule has 0 atom stereocenters. The van der Waals surface area contributed by atoms with E-state index in [1.165, 1.54) is 0 Å². The van der Waals surface area contributed by atoms with E-state index in [4.69, 9.17) is 22.6 Å². The Morgan fingerprint density at radius 3 is 2.85 bits per heavy atom. The van der Waals surface area contributed by atoms with Crippen molar-refractivity contribution >= 4 is 23.0 Å². The molecule has 0 aliphatic rings. The van der Waals surface area contributed by atoms with E-state index in [0.717, 1.165) is 11.3 Å². The third kappa shape index (κ3) is 3.62. The number of rotatable bonds is 5. The normalized spacial score (nSPS) is 10.0. The molecule has 2 aromatic rings. The van der Waals surface area contributed by atoms with Gasteiger partial charge in [-0.25, -0.2) is 0 Å². The van der Waals surface area contributed by atoms with E-state index >= 15 is 0 Å². The highest BCUT2D eigenvalue weighted by Crippen LogP contribution is 2.29. The number of nitrogens with zero attached hydrogens (tertiary/aromatic N) is 3. The van der Waals surface area contributed by atoms with Crippen LogP contribution in [0.3, 0.4) is 0 Å². The number of halogens is 1. The van der Waals surface area contributed by atoms with Crippen LogP contribution in [-0.2, 0) is 6.54 Å². The van der Waals surface area contributed by atoms with Crippen molar-refractivity contribution < 1.29 is 0 Å². The van der Waals surface area contributed by atoms with E-state index in [-0.39, 0.29) is 0 Å². The molecule has 0 unspecified atom stereocenters. The predicted octanol–water partition coefficient (Wildman–Crippen LogP) is 3.24. The van der Waals surface area contributed by atoms with Crippen molar-refractivity contribution in [3.05, 3.63) is 53.3 Å². The van der Waals surface area contributed by atoms with Crippen LogP contribution in [0.15, 0.2) is 42.7 Å². The molecule has 2 rings (SSSR count). The van der Waals surface area contributed by atoms with Crippen LogP contribution in [-0.4, -0.2) is 11.5 Å². The minimum atomic E-state index is 0.432. The second-order valence-corrected chi connectivity index (χ2v) is 4.81. The average Bonchev–Trinajstić information content (AvgIpc) is 2.45. The van der Waals surface area contributed by atoms with Crippen molar-refractivity contribution in [2.45, 2.75) is 13.0 Å². The molecule has 1 aromatic carbocycles. The van der Waals surface area contributed by atoms with Crippen LogP contribution in [0.1, 0.15) is 12.0 Å². The Balaban J connectivity index is 2.25. The average molecular weight is 287 g/mol. The molecule has 0 radical (unpaired) electrons. The zero-order chi connectivity index (χ0) is 14.4. The minimum Gasteiger partial charge on any atom is -0.399 e. The SMILES string of the molecule is N#CCCN(Cc1cccnc1)c1ccc(N)cc1Cl. The van der Waals surface area contributed by atoms with E-state index in [1.807, 2.05) is 30.5 Å². The van der Waals surface area contributed by atoms with Crippen molar-refractivity contribution in [2.24, 2.45) is 0 Å². The summed E-state index contributed by atoms with van der Waals surface area (Å²) in [5.74, 6) is 0. The lowest BCUT2D eigenvalue weighted by Gasteiger charge is -2.25. The highest BCUT2D eigenvalue weighted by molar-refractivity contribution is 6.33. The Morgan fingerprint density at radius 1 is 1.35 bits per heavy atom. The minimum absolute atomic E-state index is 0.432. The van der Waals surface area contributed by atoms with Gasteiger partial charge in [0, 0.05) is 31.2 Å². The molecule has 20 heavy (non-hydrogen) atoms. The van der Waals surface area contributed by atoms with Crippen LogP contribution < -0.4 is 10.6 Å². The summed E-state index contributed by atoms with van der Waals surface area (Å²) < 4.78 is 0. The molecule has 0 aliphatic carbocycles. The molecule has 0 saturated carbocycles. The topological polar surface area (TPSA) is 65.9 Å². The third-order valence-corrected chi connectivity index (χ3v) is 3.20. The zero-order valence-corrected chi connectivity index (χ0v) is 11.7. The molecular formula is C15H15ClN4. The van der Waals surface area contributed by atoms with Gasteiger partial charge in [-0.3, -0.25) is 4.98 Å². The van der Waals surface area contributed by atoms with Gasteiger partial charge < -0.3 is 10.6 Å². The Hall–Kier alpha value is -2.25. The van der Waals surface area contributed by atoms with Crippen molar-refractivity contribution in [2.75, 3.05) is 17.2 Å². The summed E-state index contributed by atoms with van der Waals surface area (Å²) in [7, 11) is 0. The van der Waals surface area contributed by atoms with Crippen molar-refractivity contribution in [1.82, 2.24) is 4.98 Å². The molecule has 1 aromatic heterocycles. The van der Waals surface area contributed by atoms with Crippen LogP contribution in [0, 0.1) is 11.3 Å². The Labute approximate surface area is 123 Å². The molecule has 0 spiro atoms. The first-order valence-electron chi connectivity index (χ1n) is 6.26. The summed E-state index contributed by atoms with van der Waals surface area (Å²) in [5, 5.41) is 9.39. The Kier molecular flexibility index (Phi) is 4.80. The molecule has 4 nitrogen and oxygen atoms in total. The predicted molar refractivity (Wildman–Crippen MR) is 81.4 cm³/mol. The number of nitrogen functional groups attached to an aromatic ring is 1. The van der Waals surface area contributed by atoms with Crippen LogP contribution in [0.4, 0.5) is 11.4 Å². The lowest BCUT2D eigenvalue weighted by atomic mass is 10.2. The van der Waals surface area contributed by atoms with Gasteiger partial charge in [0.25, 0.3) is 0 Å². The number of hydrogen-bond acceptors (Lipinski definition) is 4. The number of nitriles is 1. The maximum absolute atomic E-state index is 8.80. The summed E-state index contributed by atoms with van der Waals surface area (Å²) >= 11 is 6.25. The fourth-order valence-electron chi connectivity index (χ4n) is 1.96. The third-order valence-electron chi connectivity index (χ3n) is 2.90. The summed E-state index contributed by atoms with van der Waals surface area (Å²) in [6.07, 6.45) is 3.98. The van der Waals surface area contributed by atoms with Gasteiger partial charge in [0.05, 0.1) is 23.2 Å². The van der Waals surface area contributed by atoms with E-state index in [9.17, 15) is 0 Å². The summed E-state index contributed by atoms with van der Waals surface area (Å²) in [5.41, 5.74) is 8.28. The maximum atomic E-state index is 8.80. The first-order chi connectivity index (χ1) is 9.70. The fraction of sp³-hybridized carbons (Fsp3) is 0.200. The van der Waals surface area contributed by atoms with Crippen LogP contribution in [0.5, 0.6) is 0 Å². The molecule has 0 bridgehead atoms. The van der Waals surface area contributed by atoms with Gasteiger partial charge in [0.15, 0.2) is 0 Å². The molecule has 2 N–H and O–H groups in total. The number of benzene rings is 1. The van der Waals surface area contributed by atoms with E-state index < -0.39 is 0 Å². The number of aromatic nitrogens is 1. The molecule has 5 heteroatoms. The summed E-state index contributed by atoms with van der Waals surface area (Å²) in [4.78, 5) is 6.16. The Morgan fingerprint density at radius 2 is 2.20 bits per heavy atom. The second-order valence-electron chi connectivity index (χ2n) is 4.40. The largest absolute Gasteiger partial charge is 0.399 e. The van der Waals surface area contributed by atoms with Crippen molar-refractivity contribution in [3.8, 4) is 6.07 Å². The quantitative estimate of drug-likeness (QED) is 0.857. The molecular weight excluding hydrogens is 272 g/mol. The maximum Gasteiger partial charge on any atom is 0.0660 e. The van der Waals surface area contributed by atoms with E-state index in [0.29, 0.717) is 30.2 Å². The molecule has 0 fully saturated rings. The van der Waals surface area contributed by atoms with Crippen LogP contribution in [0.2, 0.25) is 5.02 Å². The van der Waals surface area contributed by atoms with Crippen LogP contribution in [0.25, 0.3) is 0 Å². The Bertz CT molecular complexity index is 607. The molecule has 0 aliphatic heterocycles. The smallest absolute Gasteiger partial charge is 0.0660 e. The lowest BCUT2D eigenvalue weighted by Crippen LogP contribution is -2.24. The first-order valence-corrected chi connectivity index (χ1v) is 6.64. The van der Waals surface area contributed by atoms with Crippen LogP contribution >= 0.6 is 11.6 Å². The van der Waals surface area contributed by atoms with Gasteiger partial charge in [-0.2, -0.15) is 5.26 Å². The summed E-state index contributed by atoms with van der Waals surface area (Å²) in [6.45, 7) is 1.26. The summed E-state index contributed by atoms with van der Waals surface area (Å²) in [6, 6.07) is 11.5. The van der Waals surface area contributed by atoms with Gasteiger partial charge in [-0.15, -0.1) is 0 Å². The van der Waals surface area contributed by atoms with E-state index in [1.54, 1.807) is 12.3 Å². The molecule has 0 amide bonds.